The highest BCUT2D eigenvalue weighted by molar-refractivity contribution is 5.93. The smallest absolute Gasteiger partial charge is 0.270 e. The molecular weight excluding hydrogens is 234 g/mol. The molecule has 0 bridgehead atoms. The van der Waals surface area contributed by atoms with E-state index in [1.54, 1.807) is 39.6 Å². The van der Waals surface area contributed by atoms with Gasteiger partial charge in [0.05, 0.1) is 12.7 Å². The molecule has 100 valence electrons. The van der Waals surface area contributed by atoms with E-state index in [9.17, 15) is 4.79 Å². The highest BCUT2D eigenvalue weighted by Gasteiger charge is 2.11. The van der Waals surface area contributed by atoms with Crippen molar-refractivity contribution in [1.29, 1.82) is 0 Å². The molecule has 1 unspecified atom stereocenters. The highest BCUT2D eigenvalue weighted by Crippen LogP contribution is 2.06. The van der Waals surface area contributed by atoms with E-state index in [0.29, 0.717) is 18.8 Å². The molecule has 0 saturated heterocycles. The molecule has 6 nitrogen and oxygen atoms in total. The minimum atomic E-state index is -0.231. The second-order valence-corrected chi connectivity index (χ2v) is 3.70. The Balaban J connectivity index is 2.53. The summed E-state index contributed by atoms with van der Waals surface area (Å²) in [5.41, 5.74) is 1.21. The van der Waals surface area contributed by atoms with Crippen LogP contribution in [0.25, 0.3) is 0 Å². The third kappa shape index (κ3) is 4.31. The number of hydrogen-bond acceptors (Lipinski definition) is 5. The van der Waals surface area contributed by atoms with E-state index in [-0.39, 0.29) is 12.0 Å². The van der Waals surface area contributed by atoms with Crippen molar-refractivity contribution in [2.24, 2.45) is 0 Å². The summed E-state index contributed by atoms with van der Waals surface area (Å²) in [6.07, 6.45) is 1.43. The van der Waals surface area contributed by atoms with E-state index in [0.717, 1.165) is 5.69 Å². The van der Waals surface area contributed by atoms with Gasteiger partial charge in [-0.2, -0.15) is 0 Å². The van der Waals surface area contributed by atoms with E-state index in [4.69, 9.17) is 9.47 Å². The lowest BCUT2D eigenvalue weighted by atomic mass is 10.3. The van der Waals surface area contributed by atoms with Crippen LogP contribution in [0.15, 0.2) is 18.3 Å². The van der Waals surface area contributed by atoms with Crippen LogP contribution < -0.4 is 10.6 Å². The summed E-state index contributed by atoms with van der Waals surface area (Å²) in [6, 6.07) is 3.48. The van der Waals surface area contributed by atoms with Gasteiger partial charge in [-0.3, -0.25) is 9.78 Å². The van der Waals surface area contributed by atoms with Crippen molar-refractivity contribution in [3.8, 4) is 0 Å². The largest absolute Gasteiger partial charge is 0.388 e. The Morgan fingerprint density at radius 3 is 2.89 bits per heavy atom. The quantitative estimate of drug-likeness (QED) is 0.741. The normalized spacial score (nSPS) is 11.9. The average molecular weight is 253 g/mol. The number of anilines is 1. The third-order valence-corrected chi connectivity index (χ3v) is 2.46. The van der Waals surface area contributed by atoms with Crippen LogP contribution in [0.5, 0.6) is 0 Å². The molecule has 1 heterocycles. The van der Waals surface area contributed by atoms with E-state index in [2.05, 4.69) is 15.6 Å². The molecule has 1 aromatic rings. The van der Waals surface area contributed by atoms with Gasteiger partial charge in [0.15, 0.2) is 0 Å². The zero-order valence-corrected chi connectivity index (χ0v) is 10.9. The molecule has 0 radical (unpaired) electrons. The molecule has 2 N–H and O–H groups in total. The minimum Gasteiger partial charge on any atom is -0.388 e. The maximum Gasteiger partial charge on any atom is 0.270 e. The van der Waals surface area contributed by atoms with Crippen LogP contribution in [0.4, 0.5) is 5.69 Å². The number of nitrogens with zero attached hydrogens (tertiary/aromatic N) is 1. The van der Waals surface area contributed by atoms with E-state index < -0.39 is 0 Å². The highest BCUT2D eigenvalue weighted by atomic mass is 16.5. The predicted molar refractivity (Wildman–Crippen MR) is 68.8 cm³/mol. The van der Waals surface area contributed by atoms with Gasteiger partial charge in [-0.05, 0) is 12.1 Å². The lowest BCUT2D eigenvalue weighted by Gasteiger charge is -2.14. The van der Waals surface area contributed by atoms with Gasteiger partial charge in [-0.1, -0.05) is 0 Å². The van der Waals surface area contributed by atoms with Crippen LogP contribution in [0.3, 0.4) is 0 Å². The number of rotatable bonds is 7. The van der Waals surface area contributed by atoms with Gasteiger partial charge in [0.1, 0.15) is 5.69 Å². The molecule has 0 spiro atoms. The van der Waals surface area contributed by atoms with Crippen molar-refractivity contribution >= 4 is 11.6 Å². The Bertz CT molecular complexity index is 385. The van der Waals surface area contributed by atoms with Crippen molar-refractivity contribution in [1.82, 2.24) is 10.3 Å². The number of carbonyl (C=O) groups is 1. The standard InChI is InChI=1S/C12H19N3O3/c1-13-9-4-5-14-11(6-9)12(16)15-7-10(18-3)8-17-2/h4-6,10H,7-8H2,1-3H3,(H,13,14)(H,15,16). The lowest BCUT2D eigenvalue weighted by molar-refractivity contribution is 0.0285. The van der Waals surface area contributed by atoms with Crippen LogP contribution in [0, 0.1) is 0 Å². The summed E-state index contributed by atoms with van der Waals surface area (Å²) in [5.74, 6) is -0.231. The van der Waals surface area contributed by atoms with Crippen LogP contribution in [-0.2, 0) is 9.47 Å². The van der Waals surface area contributed by atoms with Crippen LogP contribution in [-0.4, -0.2) is 51.4 Å². The van der Waals surface area contributed by atoms with Crippen molar-refractivity contribution < 1.29 is 14.3 Å². The van der Waals surface area contributed by atoms with Crippen LogP contribution in [0.1, 0.15) is 10.5 Å². The van der Waals surface area contributed by atoms with Gasteiger partial charge in [-0.15, -0.1) is 0 Å². The molecule has 0 aliphatic carbocycles. The maximum absolute atomic E-state index is 11.8. The van der Waals surface area contributed by atoms with Gasteiger partial charge in [0.25, 0.3) is 5.91 Å². The van der Waals surface area contributed by atoms with Crippen molar-refractivity contribution in [3.63, 3.8) is 0 Å². The van der Waals surface area contributed by atoms with E-state index in [1.807, 2.05) is 0 Å². The number of nitrogens with one attached hydrogen (secondary N) is 2. The fourth-order valence-electron chi connectivity index (χ4n) is 1.40. The number of aromatic nitrogens is 1. The Labute approximate surface area is 107 Å². The van der Waals surface area contributed by atoms with E-state index in [1.165, 1.54) is 0 Å². The number of carbonyl (C=O) groups excluding carboxylic acids is 1. The summed E-state index contributed by atoms with van der Waals surface area (Å²) < 4.78 is 10.1. The first-order valence-electron chi connectivity index (χ1n) is 5.65. The molecule has 0 aliphatic heterocycles. The Morgan fingerprint density at radius 2 is 2.28 bits per heavy atom. The second kappa shape index (κ2) is 7.62. The number of ether oxygens (including phenoxy) is 2. The van der Waals surface area contributed by atoms with Crippen LogP contribution in [0.2, 0.25) is 0 Å². The SMILES string of the molecule is CNc1ccnc(C(=O)NCC(COC)OC)c1. The third-order valence-electron chi connectivity index (χ3n) is 2.46. The van der Waals surface area contributed by atoms with Crippen molar-refractivity contribution in [2.45, 2.75) is 6.10 Å². The lowest BCUT2D eigenvalue weighted by Crippen LogP contribution is -2.35. The first kappa shape index (κ1) is 14.4. The zero-order valence-electron chi connectivity index (χ0n) is 10.9. The van der Waals surface area contributed by atoms with E-state index >= 15 is 0 Å². The molecule has 0 aromatic carbocycles. The van der Waals surface area contributed by atoms with Gasteiger partial charge in [-0.25, -0.2) is 0 Å². The molecule has 0 aliphatic rings. The number of hydrogen-bond donors (Lipinski definition) is 2. The number of amides is 1. The number of methoxy groups -OCH3 is 2. The fourth-order valence-corrected chi connectivity index (χ4v) is 1.40. The summed E-state index contributed by atoms with van der Waals surface area (Å²) in [4.78, 5) is 15.9. The molecule has 1 amide bonds. The summed E-state index contributed by atoms with van der Waals surface area (Å²) in [7, 11) is 4.96. The first-order chi connectivity index (χ1) is 8.71. The molecule has 0 fully saturated rings. The predicted octanol–water partition coefficient (Wildman–Crippen LogP) is 0.514. The van der Waals surface area contributed by atoms with Crippen molar-refractivity contribution in [3.05, 3.63) is 24.0 Å². The molecule has 1 atom stereocenters. The monoisotopic (exact) mass is 253 g/mol. The first-order valence-corrected chi connectivity index (χ1v) is 5.65. The zero-order chi connectivity index (χ0) is 13.4. The number of pyridine rings is 1. The van der Waals surface area contributed by atoms with Gasteiger partial charge in [0, 0.05) is 39.7 Å². The molecule has 1 aromatic heterocycles. The van der Waals surface area contributed by atoms with Gasteiger partial charge < -0.3 is 20.1 Å². The average Bonchev–Trinajstić information content (AvgIpc) is 2.43. The molecular formula is C12H19N3O3. The summed E-state index contributed by atoms with van der Waals surface area (Å²) in [6.45, 7) is 0.815. The molecule has 1 rings (SSSR count). The maximum atomic E-state index is 11.8. The topological polar surface area (TPSA) is 72.5 Å². The van der Waals surface area contributed by atoms with Crippen molar-refractivity contribution in [2.75, 3.05) is 39.7 Å². The Morgan fingerprint density at radius 1 is 1.50 bits per heavy atom. The van der Waals surface area contributed by atoms with Gasteiger partial charge >= 0.3 is 0 Å². The molecule has 6 heteroatoms. The summed E-state index contributed by atoms with van der Waals surface area (Å²) >= 11 is 0. The minimum absolute atomic E-state index is 0.161. The molecule has 0 saturated carbocycles. The Kier molecular flexibility index (Phi) is 6.10. The second-order valence-electron chi connectivity index (χ2n) is 3.70. The van der Waals surface area contributed by atoms with Crippen LogP contribution >= 0.6 is 0 Å². The molecule has 18 heavy (non-hydrogen) atoms. The van der Waals surface area contributed by atoms with Gasteiger partial charge in [0.2, 0.25) is 0 Å². The summed E-state index contributed by atoms with van der Waals surface area (Å²) in [5, 5.41) is 5.71. The Hall–Kier alpha value is -1.66. The fraction of sp³-hybridized carbons (Fsp3) is 0.500.